The average molecular weight is 272 g/mol. The van der Waals surface area contributed by atoms with Crippen molar-refractivity contribution in [2.45, 2.75) is 6.92 Å². The summed E-state index contributed by atoms with van der Waals surface area (Å²) in [6.07, 6.45) is 1.49. The molecule has 1 aromatic heterocycles. The van der Waals surface area contributed by atoms with Crippen LogP contribution < -0.4 is 5.32 Å². The largest absolute Gasteiger partial charge is 0.307 e. The number of anilines is 1. The maximum Gasteiger partial charge on any atom is 0.259 e. The molecular formula is C11H8ClF2N3O. The van der Waals surface area contributed by atoms with Gasteiger partial charge in [-0.2, -0.15) is 5.10 Å². The van der Waals surface area contributed by atoms with Crippen LogP contribution in [0.2, 0.25) is 5.02 Å². The zero-order chi connectivity index (χ0) is 13.3. The number of hydrogen-bond donors (Lipinski definition) is 2. The molecule has 0 aliphatic rings. The van der Waals surface area contributed by atoms with Crippen LogP contribution in [-0.2, 0) is 0 Å². The molecule has 1 aromatic carbocycles. The van der Waals surface area contributed by atoms with Crippen molar-refractivity contribution in [1.29, 1.82) is 0 Å². The Morgan fingerprint density at radius 3 is 2.72 bits per heavy atom. The van der Waals surface area contributed by atoms with Crippen LogP contribution in [0.15, 0.2) is 18.3 Å². The Bertz CT molecular complexity index is 612. The molecule has 18 heavy (non-hydrogen) atoms. The summed E-state index contributed by atoms with van der Waals surface area (Å²) in [7, 11) is 0. The normalized spacial score (nSPS) is 10.4. The maximum atomic E-state index is 13.5. The van der Waals surface area contributed by atoms with Gasteiger partial charge in [-0.1, -0.05) is 11.6 Å². The second-order valence-corrected chi connectivity index (χ2v) is 4.04. The predicted octanol–water partition coefficient (Wildman–Crippen LogP) is 2.90. The van der Waals surface area contributed by atoms with Gasteiger partial charge in [0.2, 0.25) is 0 Å². The van der Waals surface area contributed by atoms with Gasteiger partial charge in [-0.15, -0.1) is 0 Å². The number of nitrogens with zero attached hydrogens (tertiary/aromatic N) is 1. The lowest BCUT2D eigenvalue weighted by atomic mass is 10.2. The molecule has 4 nitrogen and oxygen atoms in total. The first-order valence-corrected chi connectivity index (χ1v) is 5.32. The van der Waals surface area contributed by atoms with Crippen LogP contribution in [0.4, 0.5) is 14.6 Å². The Kier molecular flexibility index (Phi) is 3.29. The maximum absolute atomic E-state index is 13.5. The molecule has 0 radical (unpaired) electrons. The molecule has 0 aliphatic heterocycles. The van der Waals surface area contributed by atoms with E-state index in [0.29, 0.717) is 11.4 Å². The van der Waals surface area contributed by atoms with Gasteiger partial charge in [0.15, 0.2) is 0 Å². The van der Waals surface area contributed by atoms with E-state index in [1.54, 1.807) is 6.92 Å². The zero-order valence-corrected chi connectivity index (χ0v) is 9.98. The number of hydrogen-bond acceptors (Lipinski definition) is 2. The molecule has 2 N–H and O–H groups in total. The van der Waals surface area contributed by atoms with Gasteiger partial charge in [0.25, 0.3) is 5.91 Å². The molecule has 0 unspecified atom stereocenters. The number of aromatic nitrogens is 2. The van der Waals surface area contributed by atoms with Crippen molar-refractivity contribution in [3.05, 3.63) is 46.1 Å². The van der Waals surface area contributed by atoms with Gasteiger partial charge in [-0.05, 0) is 19.1 Å². The molecule has 0 bridgehead atoms. The first kappa shape index (κ1) is 12.5. The van der Waals surface area contributed by atoms with E-state index in [1.165, 1.54) is 6.20 Å². The molecule has 0 fully saturated rings. The van der Waals surface area contributed by atoms with Crippen molar-refractivity contribution in [3.8, 4) is 0 Å². The molecule has 2 aromatic rings. The van der Waals surface area contributed by atoms with Crippen LogP contribution in [0.25, 0.3) is 0 Å². The van der Waals surface area contributed by atoms with Crippen molar-refractivity contribution in [2.24, 2.45) is 0 Å². The van der Waals surface area contributed by atoms with Crippen molar-refractivity contribution in [2.75, 3.05) is 5.32 Å². The molecule has 0 spiro atoms. The molecule has 0 saturated carbocycles. The van der Waals surface area contributed by atoms with Gasteiger partial charge >= 0.3 is 0 Å². The molecule has 2 rings (SSSR count). The van der Waals surface area contributed by atoms with Crippen molar-refractivity contribution >= 4 is 23.3 Å². The lowest BCUT2D eigenvalue weighted by molar-refractivity contribution is 0.102. The summed E-state index contributed by atoms with van der Waals surface area (Å²) in [4.78, 5) is 11.7. The minimum atomic E-state index is -0.893. The van der Waals surface area contributed by atoms with E-state index in [-0.39, 0.29) is 5.02 Å². The molecule has 0 saturated heterocycles. The third-order valence-corrected chi connectivity index (χ3v) is 2.61. The summed E-state index contributed by atoms with van der Waals surface area (Å²) in [6.45, 7) is 1.71. The molecule has 0 aliphatic carbocycles. The number of nitrogens with one attached hydrogen (secondary N) is 2. The Morgan fingerprint density at radius 1 is 1.39 bits per heavy atom. The van der Waals surface area contributed by atoms with Crippen molar-refractivity contribution in [3.63, 3.8) is 0 Å². The first-order chi connectivity index (χ1) is 8.49. The van der Waals surface area contributed by atoms with Gasteiger partial charge in [0.1, 0.15) is 17.5 Å². The minimum Gasteiger partial charge on any atom is -0.307 e. The van der Waals surface area contributed by atoms with Gasteiger partial charge in [-0.25, -0.2) is 8.78 Å². The lowest BCUT2D eigenvalue weighted by Crippen LogP contribution is -2.15. The number of halogens is 3. The van der Waals surface area contributed by atoms with Crippen LogP contribution >= 0.6 is 11.6 Å². The van der Waals surface area contributed by atoms with Crippen molar-refractivity contribution < 1.29 is 13.6 Å². The lowest BCUT2D eigenvalue weighted by Gasteiger charge is -2.06. The summed E-state index contributed by atoms with van der Waals surface area (Å²) in [5.74, 6) is -2.20. The number of rotatable bonds is 2. The van der Waals surface area contributed by atoms with Crippen molar-refractivity contribution in [1.82, 2.24) is 10.2 Å². The Morgan fingerprint density at radius 2 is 2.11 bits per heavy atom. The smallest absolute Gasteiger partial charge is 0.259 e. The fourth-order valence-electron chi connectivity index (χ4n) is 1.35. The van der Waals surface area contributed by atoms with E-state index in [9.17, 15) is 13.6 Å². The number of aryl methyl sites for hydroxylation is 1. The van der Waals surface area contributed by atoms with Crippen LogP contribution in [0.5, 0.6) is 0 Å². The average Bonchev–Trinajstić information content (AvgIpc) is 2.69. The van der Waals surface area contributed by atoms with Gasteiger partial charge in [0.05, 0.1) is 16.8 Å². The summed E-state index contributed by atoms with van der Waals surface area (Å²) in [6, 6.07) is 1.50. The number of benzene rings is 1. The van der Waals surface area contributed by atoms with E-state index < -0.39 is 23.1 Å². The van der Waals surface area contributed by atoms with E-state index in [4.69, 9.17) is 11.6 Å². The first-order valence-electron chi connectivity index (χ1n) is 4.95. The number of amides is 1. The minimum absolute atomic E-state index is 0.328. The fraction of sp³-hybridized carbons (Fsp3) is 0.0909. The summed E-state index contributed by atoms with van der Waals surface area (Å²) in [5, 5.41) is 8.24. The second kappa shape index (κ2) is 4.73. The Labute approximate surface area is 106 Å². The fourth-order valence-corrected chi connectivity index (χ4v) is 1.50. The number of aromatic amines is 1. The van der Waals surface area contributed by atoms with E-state index >= 15 is 0 Å². The summed E-state index contributed by atoms with van der Waals surface area (Å²) < 4.78 is 26.7. The second-order valence-electron chi connectivity index (χ2n) is 3.63. The molecule has 1 amide bonds. The molecule has 7 heteroatoms. The number of carbonyl (C=O) groups is 1. The predicted molar refractivity (Wildman–Crippen MR) is 62.6 cm³/mol. The highest BCUT2D eigenvalue weighted by molar-refractivity contribution is 6.30. The van der Waals surface area contributed by atoms with Crippen LogP contribution in [0.3, 0.4) is 0 Å². The monoisotopic (exact) mass is 271 g/mol. The van der Waals surface area contributed by atoms with Crippen LogP contribution in [0.1, 0.15) is 15.9 Å². The summed E-state index contributed by atoms with van der Waals surface area (Å²) >= 11 is 5.40. The molecule has 94 valence electrons. The topological polar surface area (TPSA) is 57.8 Å². The van der Waals surface area contributed by atoms with Crippen LogP contribution in [-0.4, -0.2) is 16.1 Å². The Hall–Kier alpha value is -1.95. The highest BCUT2D eigenvalue weighted by Gasteiger charge is 2.16. The van der Waals surface area contributed by atoms with Crippen LogP contribution in [0, 0.1) is 18.6 Å². The quantitative estimate of drug-likeness (QED) is 0.825. The molecule has 1 heterocycles. The zero-order valence-electron chi connectivity index (χ0n) is 9.22. The van der Waals surface area contributed by atoms with Gasteiger partial charge in [-0.3, -0.25) is 9.89 Å². The third kappa shape index (κ3) is 2.33. The molecular weight excluding hydrogens is 264 g/mol. The van der Waals surface area contributed by atoms with Gasteiger partial charge < -0.3 is 5.32 Å². The van der Waals surface area contributed by atoms with E-state index in [2.05, 4.69) is 15.5 Å². The number of H-pyrrole nitrogens is 1. The summed E-state index contributed by atoms with van der Waals surface area (Å²) in [5.41, 5.74) is 0.254. The molecule has 0 atom stereocenters. The highest BCUT2D eigenvalue weighted by Crippen LogP contribution is 2.20. The van der Waals surface area contributed by atoms with Gasteiger partial charge in [0, 0.05) is 5.56 Å². The SMILES string of the molecule is Cc1cn[nH]c1NC(=O)c1cc(F)c(Cl)cc1F. The van der Waals surface area contributed by atoms with E-state index in [1.807, 2.05) is 0 Å². The third-order valence-electron chi connectivity index (χ3n) is 2.32. The highest BCUT2D eigenvalue weighted by atomic mass is 35.5. The standard InChI is InChI=1S/C11H8ClF2N3O/c1-5-4-15-17-10(5)16-11(18)6-2-9(14)7(12)3-8(6)13/h2-4H,1H3,(H2,15,16,17,18). The number of carbonyl (C=O) groups excluding carboxylic acids is 1. The Balaban J connectivity index is 2.30. The van der Waals surface area contributed by atoms with E-state index in [0.717, 1.165) is 12.1 Å².